The fraction of sp³-hybridized carbons (Fsp3) is 0.222. The minimum Gasteiger partial charge on any atom is -0.504 e. The van der Waals surface area contributed by atoms with Gasteiger partial charge in [0.25, 0.3) is 0 Å². The second kappa shape index (κ2) is 7.00. The smallest absolute Gasteiger partial charge is 0.165 e. The number of benzene rings is 1. The van der Waals surface area contributed by atoms with Crippen molar-refractivity contribution < 1.29 is 9.84 Å². The molecule has 1 aromatic carbocycles. The monoisotopic (exact) mass is 373 g/mol. The lowest BCUT2D eigenvalue weighted by Crippen LogP contribution is -2.25. The molecule has 4 rings (SSSR count). The Morgan fingerprint density at radius 2 is 2.20 bits per heavy atom. The van der Waals surface area contributed by atoms with E-state index in [-0.39, 0.29) is 5.75 Å². The summed E-state index contributed by atoms with van der Waals surface area (Å²) in [5.74, 6) is 0.694. The third kappa shape index (κ3) is 3.61. The van der Waals surface area contributed by atoms with Crippen molar-refractivity contribution in [3.8, 4) is 22.8 Å². The van der Waals surface area contributed by atoms with Gasteiger partial charge in [0, 0.05) is 42.0 Å². The van der Waals surface area contributed by atoms with Gasteiger partial charge in [0.05, 0.1) is 17.3 Å². The molecular weight excluding hydrogens is 358 g/mol. The average Bonchev–Trinajstić information content (AvgIpc) is 3.01. The molecule has 0 atom stereocenters. The van der Waals surface area contributed by atoms with Gasteiger partial charge in [-0.1, -0.05) is 11.6 Å². The SMILES string of the molecule is Oc1cc(-c2ccc(Cl)cn2)cc2c1OCCN(Cc1nccs1)C2. The van der Waals surface area contributed by atoms with Crippen LogP contribution in [0.15, 0.2) is 42.0 Å². The number of halogens is 1. The van der Waals surface area contributed by atoms with Crippen molar-refractivity contribution >= 4 is 22.9 Å². The highest BCUT2D eigenvalue weighted by molar-refractivity contribution is 7.09. The quantitative estimate of drug-likeness (QED) is 0.753. The van der Waals surface area contributed by atoms with Crippen LogP contribution in [-0.4, -0.2) is 33.1 Å². The van der Waals surface area contributed by atoms with Crippen molar-refractivity contribution in [1.29, 1.82) is 0 Å². The molecule has 1 aliphatic rings. The number of aromatic nitrogens is 2. The van der Waals surface area contributed by atoms with E-state index in [2.05, 4.69) is 14.9 Å². The highest BCUT2D eigenvalue weighted by Gasteiger charge is 2.20. The molecule has 0 fully saturated rings. The van der Waals surface area contributed by atoms with Crippen molar-refractivity contribution in [3.63, 3.8) is 0 Å². The van der Waals surface area contributed by atoms with Crippen LogP contribution in [0.1, 0.15) is 10.6 Å². The van der Waals surface area contributed by atoms with Gasteiger partial charge in [-0.3, -0.25) is 9.88 Å². The first kappa shape index (κ1) is 16.3. The van der Waals surface area contributed by atoms with Crippen LogP contribution in [0.2, 0.25) is 5.02 Å². The van der Waals surface area contributed by atoms with E-state index in [4.69, 9.17) is 16.3 Å². The summed E-state index contributed by atoms with van der Waals surface area (Å²) in [5.41, 5.74) is 2.55. The number of pyridine rings is 1. The van der Waals surface area contributed by atoms with Crippen molar-refractivity contribution in [2.24, 2.45) is 0 Å². The minimum atomic E-state index is 0.139. The van der Waals surface area contributed by atoms with E-state index in [9.17, 15) is 5.11 Å². The molecule has 1 N–H and O–H groups in total. The molecule has 128 valence electrons. The number of ether oxygens (including phenoxy) is 1. The molecule has 0 unspecified atom stereocenters. The van der Waals surface area contributed by atoms with Crippen LogP contribution < -0.4 is 4.74 Å². The number of aromatic hydroxyl groups is 1. The number of hydrogen-bond acceptors (Lipinski definition) is 6. The van der Waals surface area contributed by atoms with Crippen molar-refractivity contribution in [2.75, 3.05) is 13.2 Å². The highest BCUT2D eigenvalue weighted by Crippen LogP contribution is 2.37. The molecule has 0 saturated carbocycles. The molecule has 0 saturated heterocycles. The summed E-state index contributed by atoms with van der Waals surface area (Å²) < 4.78 is 5.79. The van der Waals surface area contributed by atoms with Crippen molar-refractivity contribution in [3.05, 3.63) is 57.6 Å². The molecule has 5 nitrogen and oxygen atoms in total. The third-order valence-corrected chi connectivity index (χ3v) is 5.05. The van der Waals surface area contributed by atoms with Crippen LogP contribution >= 0.6 is 22.9 Å². The molecule has 0 spiro atoms. The van der Waals surface area contributed by atoms with E-state index in [0.717, 1.165) is 34.9 Å². The van der Waals surface area contributed by atoms with Crippen LogP contribution in [0.5, 0.6) is 11.5 Å². The standard InChI is InChI=1S/C18H16ClN3O2S/c19-14-1-2-15(21-9-14)12-7-13-10-22(11-17-20-3-6-25-17)4-5-24-18(13)16(23)8-12/h1-3,6-9,23H,4-5,10-11H2. The Morgan fingerprint density at radius 1 is 1.28 bits per heavy atom. The number of rotatable bonds is 3. The van der Waals surface area contributed by atoms with E-state index in [1.807, 2.05) is 23.7 Å². The lowest BCUT2D eigenvalue weighted by atomic mass is 10.0. The summed E-state index contributed by atoms with van der Waals surface area (Å²) in [4.78, 5) is 11.0. The van der Waals surface area contributed by atoms with Crippen LogP contribution in [0, 0.1) is 0 Å². The number of fused-ring (bicyclic) bond motifs is 1. The number of phenols is 1. The van der Waals surface area contributed by atoms with Gasteiger partial charge in [0.15, 0.2) is 11.5 Å². The van der Waals surface area contributed by atoms with Crippen LogP contribution in [-0.2, 0) is 13.1 Å². The molecule has 1 aliphatic heterocycles. The van der Waals surface area contributed by atoms with E-state index in [1.54, 1.807) is 29.7 Å². The lowest BCUT2D eigenvalue weighted by Gasteiger charge is -2.18. The number of hydrogen-bond donors (Lipinski definition) is 1. The predicted octanol–water partition coefficient (Wildman–Crippen LogP) is 3.96. The second-order valence-corrected chi connectivity index (χ2v) is 7.25. The van der Waals surface area contributed by atoms with Crippen molar-refractivity contribution in [2.45, 2.75) is 13.1 Å². The van der Waals surface area contributed by atoms with Gasteiger partial charge >= 0.3 is 0 Å². The number of nitrogens with zero attached hydrogens (tertiary/aromatic N) is 3. The first-order valence-electron chi connectivity index (χ1n) is 7.90. The molecule has 7 heteroatoms. The van der Waals surface area contributed by atoms with E-state index in [1.165, 1.54) is 0 Å². The number of phenolic OH excluding ortho intramolecular Hbond substituents is 1. The molecule has 0 radical (unpaired) electrons. The summed E-state index contributed by atoms with van der Waals surface area (Å²) in [6.07, 6.45) is 3.42. The van der Waals surface area contributed by atoms with E-state index < -0.39 is 0 Å². The van der Waals surface area contributed by atoms with Gasteiger partial charge in [-0.15, -0.1) is 11.3 Å². The summed E-state index contributed by atoms with van der Waals surface area (Å²) in [6.45, 7) is 2.77. The van der Waals surface area contributed by atoms with Gasteiger partial charge in [-0.25, -0.2) is 4.98 Å². The Kier molecular flexibility index (Phi) is 4.57. The Labute approximate surface area is 154 Å². The fourth-order valence-electron chi connectivity index (χ4n) is 2.90. The zero-order chi connectivity index (χ0) is 17.2. The maximum absolute atomic E-state index is 10.4. The second-order valence-electron chi connectivity index (χ2n) is 5.83. The van der Waals surface area contributed by atoms with Crippen LogP contribution in [0.4, 0.5) is 0 Å². The highest BCUT2D eigenvalue weighted by atomic mass is 35.5. The fourth-order valence-corrected chi connectivity index (χ4v) is 3.67. The Hall–Kier alpha value is -2.15. The molecule has 0 bridgehead atoms. The maximum atomic E-state index is 10.4. The first-order valence-corrected chi connectivity index (χ1v) is 9.16. The molecule has 25 heavy (non-hydrogen) atoms. The van der Waals surface area contributed by atoms with E-state index >= 15 is 0 Å². The first-order chi connectivity index (χ1) is 12.2. The summed E-state index contributed by atoms with van der Waals surface area (Å²) in [5, 5.41) is 14.0. The third-order valence-electron chi connectivity index (χ3n) is 4.06. The Balaban J connectivity index is 1.65. The normalized spacial score (nSPS) is 14.6. The molecule has 0 amide bonds. The van der Waals surface area contributed by atoms with Gasteiger partial charge < -0.3 is 9.84 Å². The van der Waals surface area contributed by atoms with Crippen molar-refractivity contribution in [1.82, 2.24) is 14.9 Å². The number of thiazole rings is 1. The average molecular weight is 374 g/mol. The lowest BCUT2D eigenvalue weighted by molar-refractivity contribution is 0.217. The summed E-state index contributed by atoms with van der Waals surface area (Å²) in [6, 6.07) is 7.34. The molecule has 3 heterocycles. The van der Waals surface area contributed by atoms with Gasteiger partial charge in [0.2, 0.25) is 0 Å². The van der Waals surface area contributed by atoms with Gasteiger partial charge in [-0.2, -0.15) is 0 Å². The van der Waals surface area contributed by atoms with Crippen LogP contribution in [0.3, 0.4) is 0 Å². The molecular formula is C18H16ClN3O2S. The molecule has 2 aromatic heterocycles. The predicted molar refractivity (Wildman–Crippen MR) is 98.1 cm³/mol. The van der Waals surface area contributed by atoms with Gasteiger partial charge in [-0.05, 0) is 24.3 Å². The van der Waals surface area contributed by atoms with E-state index in [0.29, 0.717) is 23.9 Å². The Bertz CT molecular complexity index is 869. The summed E-state index contributed by atoms with van der Waals surface area (Å²) >= 11 is 7.55. The Morgan fingerprint density at radius 3 is 2.96 bits per heavy atom. The molecule has 0 aliphatic carbocycles. The van der Waals surface area contributed by atoms with Crippen LogP contribution in [0.25, 0.3) is 11.3 Å². The molecule has 3 aromatic rings. The maximum Gasteiger partial charge on any atom is 0.165 e. The van der Waals surface area contributed by atoms with Gasteiger partial charge in [0.1, 0.15) is 11.6 Å². The summed E-state index contributed by atoms with van der Waals surface area (Å²) in [7, 11) is 0. The largest absolute Gasteiger partial charge is 0.504 e. The topological polar surface area (TPSA) is 58.5 Å². The zero-order valence-electron chi connectivity index (χ0n) is 13.4. The zero-order valence-corrected chi connectivity index (χ0v) is 14.9. The minimum absolute atomic E-state index is 0.139.